The van der Waals surface area contributed by atoms with Crippen LogP contribution in [0.25, 0.3) is 0 Å². The van der Waals surface area contributed by atoms with Crippen molar-refractivity contribution in [2.45, 2.75) is 24.6 Å². The molecule has 0 aliphatic heterocycles. The molecule has 0 bridgehead atoms. The second-order valence-corrected chi connectivity index (χ2v) is 2.51. The van der Waals surface area contributed by atoms with Crippen molar-refractivity contribution >= 4 is 6.09 Å². The molecule has 0 heterocycles. The first-order chi connectivity index (χ1) is 4.87. The Bertz CT molecular complexity index is 185. The van der Waals surface area contributed by atoms with Crippen LogP contribution in [0.3, 0.4) is 0 Å². The zero-order chi connectivity index (χ0) is 8.70. The van der Waals surface area contributed by atoms with E-state index in [0.29, 0.717) is 0 Å². The number of carbonyl (C=O) groups is 1. The molecule has 2 N–H and O–H groups in total. The molecule has 0 aromatic heterocycles. The Balaban J connectivity index is 2.61. The van der Waals surface area contributed by atoms with Crippen molar-refractivity contribution in [1.82, 2.24) is 5.32 Å². The maximum atomic E-state index is 11.9. The monoisotopic (exact) mass is 169 g/mol. The minimum atomic E-state index is -4.45. The van der Waals surface area contributed by atoms with Crippen molar-refractivity contribution in [3.05, 3.63) is 0 Å². The Kier molecular flexibility index (Phi) is 1.50. The van der Waals surface area contributed by atoms with Crippen molar-refractivity contribution in [2.24, 2.45) is 0 Å². The minimum absolute atomic E-state index is 0.150. The first-order valence-corrected chi connectivity index (χ1v) is 2.95. The highest BCUT2D eigenvalue weighted by molar-refractivity contribution is 5.66. The first-order valence-electron chi connectivity index (χ1n) is 2.95. The highest BCUT2D eigenvalue weighted by atomic mass is 19.4. The summed E-state index contributed by atoms with van der Waals surface area (Å²) in [6, 6.07) is 0. The largest absolute Gasteiger partial charge is 0.465 e. The summed E-state index contributed by atoms with van der Waals surface area (Å²) in [4.78, 5) is 9.89. The molecule has 0 radical (unpaired) electrons. The average Bonchev–Trinajstić information content (AvgIpc) is 2.42. The lowest BCUT2D eigenvalue weighted by Crippen LogP contribution is -2.47. The van der Waals surface area contributed by atoms with Crippen molar-refractivity contribution in [1.29, 1.82) is 0 Å². The fraction of sp³-hybridized carbons (Fsp3) is 0.800. The number of hydrogen-bond acceptors (Lipinski definition) is 1. The molecule has 1 aliphatic rings. The summed E-state index contributed by atoms with van der Waals surface area (Å²) in [6.45, 7) is 0. The fourth-order valence-corrected chi connectivity index (χ4v) is 0.809. The second-order valence-electron chi connectivity index (χ2n) is 2.51. The zero-order valence-corrected chi connectivity index (χ0v) is 5.40. The van der Waals surface area contributed by atoms with Gasteiger partial charge in [0.05, 0.1) is 0 Å². The summed E-state index contributed by atoms with van der Waals surface area (Å²) >= 11 is 0. The predicted octanol–water partition coefficient (Wildman–Crippen LogP) is 1.35. The van der Waals surface area contributed by atoms with Crippen LogP contribution in [0.4, 0.5) is 18.0 Å². The number of halogens is 3. The van der Waals surface area contributed by atoms with Gasteiger partial charge in [-0.3, -0.25) is 0 Å². The van der Waals surface area contributed by atoms with E-state index >= 15 is 0 Å². The Morgan fingerprint density at radius 2 is 1.91 bits per heavy atom. The van der Waals surface area contributed by atoms with Crippen molar-refractivity contribution in [2.75, 3.05) is 0 Å². The number of amides is 1. The molecule has 3 nitrogen and oxygen atoms in total. The van der Waals surface area contributed by atoms with E-state index in [4.69, 9.17) is 5.11 Å². The maximum absolute atomic E-state index is 11.9. The lowest BCUT2D eigenvalue weighted by molar-refractivity contribution is -0.163. The summed E-state index contributed by atoms with van der Waals surface area (Å²) in [7, 11) is 0. The lowest BCUT2D eigenvalue weighted by Gasteiger charge is -2.18. The molecular formula is C5H6F3NO2. The van der Waals surface area contributed by atoms with Crippen LogP contribution in [0, 0.1) is 0 Å². The quantitative estimate of drug-likeness (QED) is 0.622. The van der Waals surface area contributed by atoms with Crippen LogP contribution >= 0.6 is 0 Å². The van der Waals surface area contributed by atoms with Crippen LogP contribution in [-0.4, -0.2) is 22.9 Å². The second kappa shape index (κ2) is 2.02. The standard InChI is InChI=1S/C5H6F3NO2/c6-5(7,8)4(1-2-4)9-3(10)11/h9H,1-2H2,(H,10,11). The lowest BCUT2D eigenvalue weighted by atomic mass is 10.3. The number of nitrogens with one attached hydrogen (secondary N) is 1. The minimum Gasteiger partial charge on any atom is -0.465 e. The van der Waals surface area contributed by atoms with Crippen LogP contribution in [0.15, 0.2) is 0 Å². The molecule has 0 atom stereocenters. The van der Waals surface area contributed by atoms with Crippen LogP contribution in [0.5, 0.6) is 0 Å². The normalized spacial score (nSPS) is 21.0. The van der Waals surface area contributed by atoms with E-state index in [1.807, 2.05) is 0 Å². The highest BCUT2D eigenvalue weighted by Gasteiger charge is 2.64. The van der Waals surface area contributed by atoms with E-state index in [2.05, 4.69) is 0 Å². The van der Waals surface area contributed by atoms with Crippen molar-refractivity contribution < 1.29 is 23.1 Å². The smallest absolute Gasteiger partial charge is 0.411 e. The van der Waals surface area contributed by atoms with Gasteiger partial charge in [-0.25, -0.2) is 4.79 Å². The zero-order valence-electron chi connectivity index (χ0n) is 5.40. The van der Waals surface area contributed by atoms with E-state index in [9.17, 15) is 18.0 Å². The van der Waals surface area contributed by atoms with Gasteiger partial charge < -0.3 is 10.4 Å². The Hall–Kier alpha value is -0.940. The molecule has 0 aromatic carbocycles. The third kappa shape index (κ3) is 1.38. The van der Waals surface area contributed by atoms with Crippen molar-refractivity contribution in [3.63, 3.8) is 0 Å². The van der Waals surface area contributed by atoms with Gasteiger partial charge in [0, 0.05) is 0 Å². The molecule has 0 saturated heterocycles. The summed E-state index contributed by atoms with van der Waals surface area (Å²) in [5.74, 6) is 0. The van der Waals surface area contributed by atoms with Gasteiger partial charge in [0.15, 0.2) is 0 Å². The maximum Gasteiger partial charge on any atom is 0.411 e. The van der Waals surface area contributed by atoms with Gasteiger partial charge in [0.1, 0.15) is 5.54 Å². The van der Waals surface area contributed by atoms with E-state index in [1.54, 1.807) is 0 Å². The molecule has 1 saturated carbocycles. The molecule has 1 fully saturated rings. The topological polar surface area (TPSA) is 49.3 Å². The Morgan fingerprint density at radius 3 is 2.00 bits per heavy atom. The molecular weight excluding hydrogens is 163 g/mol. The average molecular weight is 169 g/mol. The molecule has 1 rings (SSSR count). The highest BCUT2D eigenvalue weighted by Crippen LogP contribution is 2.48. The molecule has 0 spiro atoms. The van der Waals surface area contributed by atoms with Crippen LogP contribution in [-0.2, 0) is 0 Å². The van der Waals surface area contributed by atoms with Gasteiger partial charge in [0.25, 0.3) is 0 Å². The van der Waals surface area contributed by atoms with Gasteiger partial charge in [-0.1, -0.05) is 0 Å². The van der Waals surface area contributed by atoms with E-state index in [-0.39, 0.29) is 12.8 Å². The van der Waals surface area contributed by atoms with E-state index in [1.165, 1.54) is 5.32 Å². The molecule has 64 valence electrons. The summed E-state index contributed by atoms with van der Waals surface area (Å²) in [5, 5.41) is 9.50. The molecule has 0 aromatic rings. The number of carboxylic acid groups (broad SMARTS) is 1. The third-order valence-corrected chi connectivity index (χ3v) is 1.64. The Labute approximate surface area is 60.2 Å². The summed E-state index contributed by atoms with van der Waals surface area (Å²) in [6.07, 6.45) is -6.38. The molecule has 0 unspecified atom stereocenters. The van der Waals surface area contributed by atoms with Crippen LogP contribution in [0.1, 0.15) is 12.8 Å². The van der Waals surface area contributed by atoms with Crippen molar-refractivity contribution in [3.8, 4) is 0 Å². The van der Waals surface area contributed by atoms with E-state index < -0.39 is 17.8 Å². The molecule has 1 aliphatic carbocycles. The summed E-state index contributed by atoms with van der Waals surface area (Å²) < 4.78 is 35.8. The van der Waals surface area contributed by atoms with E-state index in [0.717, 1.165) is 0 Å². The molecule has 6 heteroatoms. The summed E-state index contributed by atoms with van der Waals surface area (Å²) in [5.41, 5.74) is -2.14. The third-order valence-electron chi connectivity index (χ3n) is 1.64. The Morgan fingerprint density at radius 1 is 1.45 bits per heavy atom. The van der Waals surface area contributed by atoms with Gasteiger partial charge in [-0.2, -0.15) is 13.2 Å². The molecule has 11 heavy (non-hydrogen) atoms. The number of rotatable bonds is 1. The number of alkyl halides is 3. The number of hydrogen-bond donors (Lipinski definition) is 2. The molecule has 1 amide bonds. The van der Waals surface area contributed by atoms with Gasteiger partial charge in [0.2, 0.25) is 0 Å². The predicted molar refractivity (Wildman–Crippen MR) is 29.2 cm³/mol. The van der Waals surface area contributed by atoms with Crippen LogP contribution < -0.4 is 5.32 Å². The fourth-order valence-electron chi connectivity index (χ4n) is 0.809. The van der Waals surface area contributed by atoms with Gasteiger partial charge in [-0.15, -0.1) is 0 Å². The van der Waals surface area contributed by atoms with Gasteiger partial charge in [-0.05, 0) is 12.8 Å². The first kappa shape index (κ1) is 8.16. The van der Waals surface area contributed by atoms with Gasteiger partial charge >= 0.3 is 12.3 Å². The SMILES string of the molecule is O=C(O)NC1(C(F)(F)F)CC1. The van der Waals surface area contributed by atoms with Crippen LogP contribution in [0.2, 0.25) is 0 Å².